The molecular weight excluding hydrogens is 427 g/mol. The SMILES string of the molecule is CC(C)c1nc(CO)n(Cc2cccs2)c1S(=O)(=O)c1cc(Cl)cc(Cl)c1. The zero-order chi connectivity index (χ0) is 19.8. The van der Waals surface area contributed by atoms with Crippen molar-refractivity contribution < 1.29 is 13.5 Å². The van der Waals surface area contributed by atoms with Gasteiger partial charge in [0.15, 0.2) is 5.03 Å². The first-order chi connectivity index (χ1) is 12.7. The summed E-state index contributed by atoms with van der Waals surface area (Å²) in [4.78, 5) is 5.37. The normalized spacial score (nSPS) is 12.1. The fourth-order valence-corrected chi connectivity index (χ4v) is 5.95. The quantitative estimate of drug-likeness (QED) is 0.595. The van der Waals surface area contributed by atoms with Gasteiger partial charge in [-0.1, -0.05) is 43.1 Å². The zero-order valence-electron chi connectivity index (χ0n) is 14.7. The molecule has 144 valence electrons. The molecular formula is C18H18Cl2N2O3S2. The third-order valence-electron chi connectivity index (χ3n) is 4.01. The molecule has 0 aliphatic heterocycles. The van der Waals surface area contributed by atoms with Gasteiger partial charge in [0.2, 0.25) is 9.84 Å². The van der Waals surface area contributed by atoms with Crippen molar-refractivity contribution in [2.75, 3.05) is 0 Å². The summed E-state index contributed by atoms with van der Waals surface area (Å²) in [6, 6.07) is 8.02. The van der Waals surface area contributed by atoms with Crippen LogP contribution in [0.1, 0.15) is 36.2 Å². The zero-order valence-corrected chi connectivity index (χ0v) is 17.8. The molecule has 3 rings (SSSR count). The van der Waals surface area contributed by atoms with Crippen LogP contribution in [0, 0.1) is 0 Å². The molecule has 0 amide bonds. The van der Waals surface area contributed by atoms with Crippen molar-refractivity contribution >= 4 is 44.4 Å². The van der Waals surface area contributed by atoms with Crippen LogP contribution >= 0.6 is 34.5 Å². The molecule has 1 aromatic carbocycles. The number of rotatable bonds is 6. The number of thiophene rings is 1. The molecule has 2 heterocycles. The number of hydrogen-bond acceptors (Lipinski definition) is 5. The molecule has 3 aromatic rings. The highest BCUT2D eigenvalue weighted by molar-refractivity contribution is 7.91. The van der Waals surface area contributed by atoms with Gasteiger partial charge in [-0.15, -0.1) is 11.3 Å². The number of benzene rings is 1. The summed E-state index contributed by atoms with van der Waals surface area (Å²) >= 11 is 13.6. The van der Waals surface area contributed by atoms with Crippen LogP contribution in [0.3, 0.4) is 0 Å². The molecule has 9 heteroatoms. The molecule has 0 fully saturated rings. The first-order valence-electron chi connectivity index (χ1n) is 8.17. The lowest BCUT2D eigenvalue weighted by Gasteiger charge is -2.14. The highest BCUT2D eigenvalue weighted by atomic mass is 35.5. The third-order valence-corrected chi connectivity index (χ3v) is 7.10. The Bertz CT molecular complexity index is 1040. The number of nitrogens with zero attached hydrogens (tertiary/aromatic N) is 2. The molecule has 5 nitrogen and oxygen atoms in total. The van der Waals surface area contributed by atoms with Gasteiger partial charge in [-0.2, -0.15) is 0 Å². The fraction of sp³-hybridized carbons (Fsp3) is 0.278. The number of halogens is 2. The predicted molar refractivity (Wildman–Crippen MR) is 108 cm³/mol. The first-order valence-corrected chi connectivity index (χ1v) is 11.3. The molecule has 0 bridgehead atoms. The van der Waals surface area contributed by atoms with E-state index in [9.17, 15) is 13.5 Å². The van der Waals surface area contributed by atoms with Crippen LogP contribution in [-0.2, 0) is 23.0 Å². The number of aromatic nitrogens is 2. The molecule has 0 unspecified atom stereocenters. The Morgan fingerprint density at radius 1 is 1.22 bits per heavy atom. The lowest BCUT2D eigenvalue weighted by molar-refractivity contribution is 0.264. The molecule has 0 aliphatic rings. The predicted octanol–water partition coefficient (Wildman–Crippen LogP) is 4.75. The van der Waals surface area contributed by atoms with Crippen LogP contribution in [-0.4, -0.2) is 23.1 Å². The Hall–Kier alpha value is -1.38. The highest BCUT2D eigenvalue weighted by Gasteiger charge is 2.31. The number of hydrogen-bond donors (Lipinski definition) is 1. The summed E-state index contributed by atoms with van der Waals surface area (Å²) in [6.07, 6.45) is 0. The molecule has 0 spiro atoms. The van der Waals surface area contributed by atoms with E-state index in [0.717, 1.165) is 4.88 Å². The van der Waals surface area contributed by atoms with Gasteiger partial charge in [0.25, 0.3) is 0 Å². The average molecular weight is 445 g/mol. The summed E-state index contributed by atoms with van der Waals surface area (Å²) < 4.78 is 28.5. The van der Waals surface area contributed by atoms with Gasteiger partial charge in [0, 0.05) is 14.9 Å². The van der Waals surface area contributed by atoms with E-state index in [1.165, 1.54) is 29.5 Å². The Balaban J connectivity index is 2.27. The van der Waals surface area contributed by atoms with Crippen LogP contribution in [0.2, 0.25) is 10.0 Å². The van der Waals surface area contributed by atoms with E-state index >= 15 is 0 Å². The van der Waals surface area contributed by atoms with E-state index in [1.807, 2.05) is 31.4 Å². The lowest BCUT2D eigenvalue weighted by Crippen LogP contribution is -2.15. The van der Waals surface area contributed by atoms with Gasteiger partial charge in [0.05, 0.1) is 17.1 Å². The van der Waals surface area contributed by atoms with Crippen molar-refractivity contribution in [1.29, 1.82) is 0 Å². The Morgan fingerprint density at radius 2 is 1.89 bits per heavy atom. The van der Waals surface area contributed by atoms with Crippen LogP contribution in [0.5, 0.6) is 0 Å². The minimum absolute atomic E-state index is 0.00119. The largest absolute Gasteiger partial charge is 0.388 e. The molecule has 0 aliphatic carbocycles. The maximum Gasteiger partial charge on any atom is 0.224 e. The van der Waals surface area contributed by atoms with Gasteiger partial charge in [-0.25, -0.2) is 13.4 Å². The van der Waals surface area contributed by atoms with E-state index < -0.39 is 9.84 Å². The van der Waals surface area contributed by atoms with Crippen molar-refractivity contribution in [2.24, 2.45) is 0 Å². The van der Waals surface area contributed by atoms with Gasteiger partial charge in [0.1, 0.15) is 12.4 Å². The topological polar surface area (TPSA) is 72.2 Å². The Labute approximate surface area is 172 Å². The summed E-state index contributed by atoms with van der Waals surface area (Å²) in [5, 5.41) is 12.2. The number of aliphatic hydroxyl groups is 1. The van der Waals surface area contributed by atoms with Crippen molar-refractivity contribution in [1.82, 2.24) is 9.55 Å². The van der Waals surface area contributed by atoms with Crippen LogP contribution in [0.4, 0.5) is 0 Å². The smallest absolute Gasteiger partial charge is 0.224 e. The van der Waals surface area contributed by atoms with Gasteiger partial charge in [-0.3, -0.25) is 0 Å². The van der Waals surface area contributed by atoms with Crippen molar-refractivity contribution in [3.05, 3.63) is 62.2 Å². The van der Waals surface area contributed by atoms with E-state index in [-0.39, 0.29) is 32.5 Å². The molecule has 0 atom stereocenters. The van der Waals surface area contributed by atoms with Gasteiger partial charge < -0.3 is 9.67 Å². The molecule has 2 aromatic heterocycles. The minimum Gasteiger partial charge on any atom is -0.388 e. The number of imidazole rings is 1. The highest BCUT2D eigenvalue weighted by Crippen LogP contribution is 2.33. The molecule has 27 heavy (non-hydrogen) atoms. The van der Waals surface area contributed by atoms with Crippen molar-refractivity contribution in [3.8, 4) is 0 Å². The van der Waals surface area contributed by atoms with E-state index in [0.29, 0.717) is 18.1 Å². The second-order valence-electron chi connectivity index (χ2n) is 6.31. The molecule has 0 saturated heterocycles. The maximum atomic E-state index is 13.5. The monoisotopic (exact) mass is 444 g/mol. The van der Waals surface area contributed by atoms with Crippen LogP contribution < -0.4 is 0 Å². The molecule has 0 radical (unpaired) electrons. The summed E-state index contributed by atoms with van der Waals surface area (Å²) in [5.41, 5.74) is 0.409. The van der Waals surface area contributed by atoms with E-state index in [1.54, 1.807) is 4.57 Å². The second-order valence-corrected chi connectivity index (χ2v) is 10.1. The standard InChI is InChI=1S/C18H18Cl2N2O3S2/c1-11(2)17-18(27(24,25)15-7-12(19)6-13(20)8-15)22(16(10-23)21-17)9-14-4-3-5-26-14/h3-8,11,23H,9-10H2,1-2H3. The van der Waals surface area contributed by atoms with Crippen molar-refractivity contribution in [3.63, 3.8) is 0 Å². The lowest BCUT2D eigenvalue weighted by atomic mass is 10.1. The molecule has 1 N–H and O–H groups in total. The Morgan fingerprint density at radius 3 is 2.41 bits per heavy atom. The van der Waals surface area contributed by atoms with Crippen LogP contribution in [0.15, 0.2) is 45.6 Å². The summed E-state index contributed by atoms with van der Waals surface area (Å²) in [5.74, 6) is 0.151. The van der Waals surface area contributed by atoms with Crippen molar-refractivity contribution in [2.45, 2.75) is 42.8 Å². The van der Waals surface area contributed by atoms with E-state index in [4.69, 9.17) is 23.2 Å². The number of sulfone groups is 1. The fourth-order valence-electron chi connectivity index (χ4n) is 2.80. The second kappa shape index (κ2) is 7.93. The average Bonchev–Trinajstić information content (AvgIpc) is 3.22. The Kier molecular flexibility index (Phi) is 5.98. The number of aliphatic hydroxyl groups excluding tert-OH is 1. The first kappa shape index (κ1) is 20.4. The van der Waals surface area contributed by atoms with Gasteiger partial charge >= 0.3 is 0 Å². The maximum absolute atomic E-state index is 13.5. The summed E-state index contributed by atoms with van der Waals surface area (Å²) in [7, 11) is -3.96. The van der Waals surface area contributed by atoms with Gasteiger partial charge in [-0.05, 0) is 35.6 Å². The van der Waals surface area contributed by atoms with E-state index in [2.05, 4.69) is 4.98 Å². The third kappa shape index (κ3) is 4.07. The molecule has 0 saturated carbocycles. The van der Waals surface area contributed by atoms with Crippen LogP contribution in [0.25, 0.3) is 0 Å². The summed E-state index contributed by atoms with van der Waals surface area (Å²) in [6.45, 7) is 3.67. The minimum atomic E-state index is -3.96.